The highest BCUT2D eigenvalue weighted by Crippen LogP contribution is 1.88. The number of nitrogens with zero attached hydrogens (tertiary/aromatic N) is 1. The Kier molecular flexibility index (Phi) is 7.83. The van der Waals surface area contributed by atoms with Crippen molar-refractivity contribution >= 4 is 0 Å². The van der Waals surface area contributed by atoms with Gasteiger partial charge in [0.15, 0.2) is 0 Å². The molecule has 68 valence electrons. The quantitative estimate of drug-likeness (QED) is 0.396. The Morgan fingerprint density at radius 3 is 2.36 bits per heavy atom. The van der Waals surface area contributed by atoms with Crippen molar-refractivity contribution in [1.82, 2.24) is 4.90 Å². The molecule has 0 aromatic heterocycles. The third kappa shape index (κ3) is 6.25. The smallest absolute Gasteiger partial charge is 0.0974 e. The SMILES string of the molecule is CCOCCCN(CO)CO. The number of hydrogen-bond donors (Lipinski definition) is 2. The highest BCUT2D eigenvalue weighted by molar-refractivity contribution is 4.45. The lowest BCUT2D eigenvalue weighted by molar-refractivity contribution is 0.0219. The Bertz CT molecular complexity index is 76.1. The zero-order chi connectivity index (χ0) is 8.53. The minimum absolute atomic E-state index is 0.0946. The van der Waals surface area contributed by atoms with Gasteiger partial charge < -0.3 is 14.9 Å². The summed E-state index contributed by atoms with van der Waals surface area (Å²) in [6, 6.07) is 0. The molecule has 0 bridgehead atoms. The van der Waals surface area contributed by atoms with Gasteiger partial charge >= 0.3 is 0 Å². The first-order valence-electron chi connectivity index (χ1n) is 3.87. The van der Waals surface area contributed by atoms with Crippen LogP contribution in [0.15, 0.2) is 0 Å². The molecule has 0 saturated carbocycles. The monoisotopic (exact) mass is 163 g/mol. The summed E-state index contributed by atoms with van der Waals surface area (Å²) in [5.74, 6) is 0. The fourth-order valence-electron chi connectivity index (χ4n) is 0.721. The van der Waals surface area contributed by atoms with E-state index in [1.165, 1.54) is 4.90 Å². The fourth-order valence-corrected chi connectivity index (χ4v) is 0.721. The second-order valence-electron chi connectivity index (χ2n) is 2.23. The van der Waals surface area contributed by atoms with Crippen LogP contribution in [0.3, 0.4) is 0 Å². The summed E-state index contributed by atoms with van der Waals surface area (Å²) < 4.78 is 5.08. The Labute approximate surface area is 67.4 Å². The molecule has 0 heterocycles. The largest absolute Gasteiger partial charge is 0.382 e. The zero-order valence-corrected chi connectivity index (χ0v) is 6.99. The van der Waals surface area contributed by atoms with Crippen molar-refractivity contribution < 1.29 is 14.9 Å². The number of aliphatic hydroxyl groups is 2. The predicted octanol–water partition coefficient (Wildman–Crippen LogP) is -0.385. The second kappa shape index (κ2) is 7.94. The van der Waals surface area contributed by atoms with E-state index in [0.717, 1.165) is 13.0 Å². The van der Waals surface area contributed by atoms with Crippen LogP contribution in [0.25, 0.3) is 0 Å². The first-order chi connectivity index (χ1) is 5.35. The second-order valence-corrected chi connectivity index (χ2v) is 2.23. The Morgan fingerprint density at radius 2 is 1.91 bits per heavy atom. The summed E-state index contributed by atoms with van der Waals surface area (Å²) in [6.07, 6.45) is 0.842. The Hall–Kier alpha value is -0.160. The molecule has 0 fully saturated rings. The van der Waals surface area contributed by atoms with E-state index in [9.17, 15) is 0 Å². The van der Waals surface area contributed by atoms with Gasteiger partial charge in [-0.15, -0.1) is 0 Å². The molecule has 0 aromatic carbocycles. The van der Waals surface area contributed by atoms with E-state index >= 15 is 0 Å². The van der Waals surface area contributed by atoms with Gasteiger partial charge in [-0.25, -0.2) is 0 Å². The van der Waals surface area contributed by atoms with E-state index < -0.39 is 0 Å². The standard InChI is InChI=1S/C7H17NO3/c1-2-11-5-3-4-8(6-9)7-10/h9-10H,2-7H2,1H3. The normalized spacial score (nSPS) is 10.9. The molecule has 0 saturated heterocycles. The van der Waals surface area contributed by atoms with Gasteiger partial charge in [-0.1, -0.05) is 0 Å². The maximum absolute atomic E-state index is 8.61. The summed E-state index contributed by atoms with van der Waals surface area (Å²) >= 11 is 0. The molecule has 0 amide bonds. The summed E-state index contributed by atoms with van der Waals surface area (Å²) in [6.45, 7) is 3.83. The van der Waals surface area contributed by atoms with Crippen LogP contribution >= 0.6 is 0 Å². The van der Waals surface area contributed by atoms with Crippen molar-refractivity contribution in [1.29, 1.82) is 0 Å². The third-order valence-corrected chi connectivity index (χ3v) is 1.37. The summed E-state index contributed by atoms with van der Waals surface area (Å²) in [5.41, 5.74) is 0. The van der Waals surface area contributed by atoms with Gasteiger partial charge in [0.2, 0.25) is 0 Å². The number of hydrogen-bond acceptors (Lipinski definition) is 4. The highest BCUT2D eigenvalue weighted by atomic mass is 16.5. The molecule has 0 aromatic rings. The molecule has 0 unspecified atom stereocenters. The van der Waals surface area contributed by atoms with E-state index in [1.54, 1.807) is 0 Å². The van der Waals surface area contributed by atoms with Crippen molar-refractivity contribution in [2.24, 2.45) is 0 Å². The topological polar surface area (TPSA) is 52.9 Å². The lowest BCUT2D eigenvalue weighted by Crippen LogP contribution is -2.27. The molecule has 11 heavy (non-hydrogen) atoms. The van der Waals surface area contributed by atoms with Crippen LogP contribution < -0.4 is 0 Å². The van der Waals surface area contributed by atoms with Crippen LogP contribution in [-0.4, -0.2) is 48.3 Å². The van der Waals surface area contributed by atoms with Crippen LogP contribution in [0, 0.1) is 0 Å². The molecular weight excluding hydrogens is 146 g/mol. The van der Waals surface area contributed by atoms with Gasteiger partial charge in [-0.3, -0.25) is 4.90 Å². The molecule has 4 heteroatoms. The first-order valence-corrected chi connectivity index (χ1v) is 3.87. The van der Waals surface area contributed by atoms with Crippen molar-refractivity contribution in [3.8, 4) is 0 Å². The molecule has 2 N–H and O–H groups in total. The van der Waals surface area contributed by atoms with E-state index in [2.05, 4.69) is 0 Å². The van der Waals surface area contributed by atoms with Crippen molar-refractivity contribution in [3.63, 3.8) is 0 Å². The van der Waals surface area contributed by atoms with Crippen LogP contribution in [-0.2, 0) is 4.74 Å². The molecule has 0 aliphatic carbocycles. The van der Waals surface area contributed by atoms with Crippen molar-refractivity contribution in [3.05, 3.63) is 0 Å². The van der Waals surface area contributed by atoms with Crippen molar-refractivity contribution in [2.75, 3.05) is 33.2 Å². The lowest BCUT2D eigenvalue weighted by atomic mass is 10.4. The summed E-state index contributed by atoms with van der Waals surface area (Å²) in [4.78, 5) is 1.53. The van der Waals surface area contributed by atoms with Crippen LogP contribution in [0.2, 0.25) is 0 Å². The molecular formula is C7H17NO3. The minimum atomic E-state index is -0.0946. The first kappa shape index (κ1) is 10.8. The van der Waals surface area contributed by atoms with Gasteiger partial charge in [0.25, 0.3) is 0 Å². The molecule has 0 radical (unpaired) electrons. The van der Waals surface area contributed by atoms with Gasteiger partial charge in [0, 0.05) is 19.8 Å². The molecule has 4 nitrogen and oxygen atoms in total. The Morgan fingerprint density at radius 1 is 1.27 bits per heavy atom. The molecule has 0 spiro atoms. The van der Waals surface area contributed by atoms with Crippen LogP contribution in [0.1, 0.15) is 13.3 Å². The molecule has 0 aliphatic heterocycles. The van der Waals surface area contributed by atoms with E-state index in [4.69, 9.17) is 14.9 Å². The van der Waals surface area contributed by atoms with E-state index in [-0.39, 0.29) is 13.5 Å². The third-order valence-electron chi connectivity index (χ3n) is 1.37. The van der Waals surface area contributed by atoms with Gasteiger partial charge in [-0.2, -0.15) is 0 Å². The fraction of sp³-hybridized carbons (Fsp3) is 1.00. The summed E-state index contributed by atoms with van der Waals surface area (Å²) in [7, 11) is 0. The van der Waals surface area contributed by atoms with Crippen LogP contribution in [0.5, 0.6) is 0 Å². The number of ether oxygens (including phenoxy) is 1. The summed E-state index contributed by atoms with van der Waals surface area (Å²) in [5, 5.41) is 17.2. The van der Waals surface area contributed by atoms with Gasteiger partial charge in [-0.05, 0) is 13.3 Å². The molecule has 0 atom stereocenters. The highest BCUT2D eigenvalue weighted by Gasteiger charge is 1.98. The Balaban J connectivity index is 3.07. The van der Waals surface area contributed by atoms with E-state index in [0.29, 0.717) is 13.2 Å². The van der Waals surface area contributed by atoms with Gasteiger partial charge in [0.05, 0.1) is 13.5 Å². The minimum Gasteiger partial charge on any atom is -0.382 e. The average molecular weight is 163 g/mol. The van der Waals surface area contributed by atoms with Crippen molar-refractivity contribution in [2.45, 2.75) is 13.3 Å². The van der Waals surface area contributed by atoms with Gasteiger partial charge in [0.1, 0.15) is 0 Å². The lowest BCUT2D eigenvalue weighted by Gasteiger charge is -2.15. The predicted molar refractivity (Wildman–Crippen MR) is 42.0 cm³/mol. The maximum Gasteiger partial charge on any atom is 0.0974 e. The molecule has 0 rings (SSSR count). The molecule has 0 aliphatic rings. The average Bonchev–Trinajstić information content (AvgIpc) is 2.05. The number of aliphatic hydroxyl groups excluding tert-OH is 2. The van der Waals surface area contributed by atoms with E-state index in [1.807, 2.05) is 6.92 Å². The number of rotatable bonds is 7. The maximum atomic E-state index is 8.61. The van der Waals surface area contributed by atoms with Crippen LogP contribution in [0.4, 0.5) is 0 Å². The zero-order valence-electron chi connectivity index (χ0n) is 6.99.